The van der Waals surface area contributed by atoms with Crippen LogP contribution in [0.4, 0.5) is 11.6 Å². The van der Waals surface area contributed by atoms with E-state index in [2.05, 4.69) is 67.6 Å². The van der Waals surface area contributed by atoms with E-state index in [4.69, 9.17) is 24.4 Å². The second-order valence-corrected chi connectivity index (χ2v) is 17.9. The Balaban J connectivity index is 1.30. The summed E-state index contributed by atoms with van der Waals surface area (Å²) in [6.45, 7) is 14.4. The highest BCUT2D eigenvalue weighted by Crippen LogP contribution is 2.41. The predicted octanol–water partition coefficient (Wildman–Crippen LogP) is 8.30. The van der Waals surface area contributed by atoms with Gasteiger partial charge in [0.05, 0.1) is 42.3 Å². The zero-order valence-corrected chi connectivity index (χ0v) is 32.1. The summed E-state index contributed by atoms with van der Waals surface area (Å²) in [5.74, 6) is 1.04. The number of sulfonamides is 1. The van der Waals surface area contributed by atoms with E-state index in [1.807, 2.05) is 31.3 Å². The molecular weight excluding hydrogens is 671 g/mol. The van der Waals surface area contributed by atoms with Crippen LogP contribution in [0.3, 0.4) is 0 Å². The maximum Gasteiger partial charge on any atom is 0.264 e. The van der Waals surface area contributed by atoms with Gasteiger partial charge in [-0.05, 0) is 91.3 Å². The van der Waals surface area contributed by atoms with Crippen LogP contribution in [-0.4, -0.2) is 56.3 Å². The summed E-state index contributed by atoms with van der Waals surface area (Å²) in [5.41, 5.74) is 7.88. The van der Waals surface area contributed by atoms with E-state index in [-0.39, 0.29) is 28.1 Å². The van der Waals surface area contributed by atoms with E-state index in [0.29, 0.717) is 43.7 Å². The summed E-state index contributed by atoms with van der Waals surface area (Å²) >= 11 is 0. The van der Waals surface area contributed by atoms with Gasteiger partial charge in [0.25, 0.3) is 10.0 Å². The van der Waals surface area contributed by atoms with E-state index >= 15 is 0 Å². The molecule has 3 aliphatic rings. The normalized spacial score (nSPS) is 20.8. The van der Waals surface area contributed by atoms with E-state index in [1.165, 1.54) is 31.2 Å². The third-order valence-corrected chi connectivity index (χ3v) is 12.3. The van der Waals surface area contributed by atoms with E-state index in [9.17, 15) is 8.42 Å². The maximum atomic E-state index is 14.1. The Morgan fingerprint density at radius 1 is 0.942 bits per heavy atom. The van der Waals surface area contributed by atoms with Gasteiger partial charge in [-0.2, -0.15) is 4.98 Å². The molecule has 52 heavy (non-hydrogen) atoms. The Morgan fingerprint density at radius 2 is 1.71 bits per heavy atom. The highest BCUT2D eigenvalue weighted by Gasteiger charge is 2.32. The number of rotatable bonds is 7. The number of aromatic nitrogens is 3. The number of benzene rings is 2. The molecule has 1 N–H and O–H groups in total. The van der Waals surface area contributed by atoms with E-state index < -0.39 is 10.0 Å². The molecule has 2 aliphatic heterocycles. The molecule has 1 aliphatic carbocycles. The molecular formula is C42H53N5O4S. The number of fused-ring (bicyclic) bond motifs is 4. The Kier molecular flexibility index (Phi) is 10.6. The molecule has 1 saturated heterocycles. The quantitative estimate of drug-likeness (QED) is 0.203. The van der Waals surface area contributed by atoms with Crippen molar-refractivity contribution < 1.29 is 17.9 Å². The molecule has 4 bridgehead atoms. The molecule has 4 heterocycles. The summed E-state index contributed by atoms with van der Waals surface area (Å²) < 4.78 is 43.2. The second-order valence-electron chi connectivity index (χ2n) is 16.2. The molecule has 7 rings (SSSR count). The number of pyridine rings is 1. The number of morpholine rings is 1. The van der Waals surface area contributed by atoms with Crippen LogP contribution < -0.4 is 14.4 Å². The highest BCUT2D eigenvalue weighted by molar-refractivity contribution is 7.92. The molecule has 2 aromatic heterocycles. The fourth-order valence-corrected chi connectivity index (χ4v) is 9.40. The molecule has 10 heteroatoms. The van der Waals surface area contributed by atoms with Gasteiger partial charge < -0.3 is 14.4 Å². The number of nitrogens with one attached hydrogen (secondary N) is 1. The standard InChI is InChI=1S/C42H53N5O4S/c1-28-10-8-14-32(22-30-11-6-7-12-30)38(28)39-29(2)40-45-41(44-39)46-52(48,49)36-15-9-13-31(23-36)37(33(27-51-40)25-42(3,4)5)24-34-16-17-35(26-43-34)47-18-20-50-21-19-47/h8-10,13-17,23,26,30,33,37H,6-7,11-12,18-22,24-25,27H2,1-5H3,(H,44,45,46)/t33-,37?/m1/s1. The second kappa shape index (κ2) is 15.1. The van der Waals surface area contributed by atoms with Crippen molar-refractivity contribution >= 4 is 21.7 Å². The maximum absolute atomic E-state index is 14.1. The van der Waals surface area contributed by atoms with Gasteiger partial charge in [0, 0.05) is 35.8 Å². The third-order valence-electron chi connectivity index (χ3n) is 11.0. The zero-order chi connectivity index (χ0) is 36.5. The first-order valence-corrected chi connectivity index (χ1v) is 20.4. The van der Waals surface area contributed by atoms with Gasteiger partial charge in [0.15, 0.2) is 0 Å². The lowest BCUT2D eigenvalue weighted by Gasteiger charge is -2.33. The van der Waals surface area contributed by atoms with E-state index in [0.717, 1.165) is 59.6 Å². The number of nitrogens with zero attached hydrogens (tertiary/aromatic N) is 4. The van der Waals surface area contributed by atoms with Crippen molar-refractivity contribution in [1.82, 2.24) is 15.0 Å². The molecule has 4 aromatic rings. The molecule has 2 atom stereocenters. The Hall–Kier alpha value is -4.02. The van der Waals surface area contributed by atoms with Crippen LogP contribution in [0.2, 0.25) is 0 Å². The van der Waals surface area contributed by atoms with Crippen LogP contribution in [-0.2, 0) is 27.6 Å². The average molecular weight is 724 g/mol. The molecule has 0 radical (unpaired) electrons. The van der Waals surface area contributed by atoms with Crippen LogP contribution in [0, 0.1) is 31.1 Å². The van der Waals surface area contributed by atoms with Crippen LogP contribution in [0.15, 0.2) is 65.7 Å². The number of ether oxygens (including phenoxy) is 2. The first-order valence-electron chi connectivity index (χ1n) is 18.9. The molecule has 1 saturated carbocycles. The van der Waals surface area contributed by atoms with Crippen LogP contribution >= 0.6 is 0 Å². The van der Waals surface area contributed by atoms with Gasteiger partial charge in [-0.25, -0.2) is 18.1 Å². The zero-order valence-electron chi connectivity index (χ0n) is 31.3. The smallest absolute Gasteiger partial charge is 0.264 e. The van der Waals surface area contributed by atoms with E-state index in [1.54, 1.807) is 6.07 Å². The van der Waals surface area contributed by atoms with Crippen LogP contribution in [0.5, 0.6) is 5.88 Å². The third kappa shape index (κ3) is 8.28. The lowest BCUT2D eigenvalue weighted by atomic mass is 9.74. The lowest BCUT2D eigenvalue weighted by molar-refractivity contribution is 0.122. The summed E-state index contributed by atoms with van der Waals surface area (Å²) in [6, 6.07) is 18.0. The van der Waals surface area contributed by atoms with Gasteiger partial charge in [-0.15, -0.1) is 0 Å². The first kappa shape index (κ1) is 36.3. The van der Waals surface area contributed by atoms with Crippen molar-refractivity contribution in [3.63, 3.8) is 0 Å². The topological polar surface area (TPSA) is 107 Å². The van der Waals surface area contributed by atoms with Crippen molar-refractivity contribution in [3.05, 3.63) is 88.7 Å². The summed E-state index contributed by atoms with van der Waals surface area (Å²) in [6.07, 6.45) is 9.43. The minimum Gasteiger partial charge on any atom is -0.477 e. The number of anilines is 2. The Morgan fingerprint density at radius 3 is 2.44 bits per heavy atom. The molecule has 2 aromatic carbocycles. The van der Waals surface area contributed by atoms with Crippen molar-refractivity contribution in [3.8, 4) is 17.1 Å². The SMILES string of the molecule is Cc1cccc(CC2CCCC2)c1-c1nc2nc(c1C)OC[C@@H](CC(C)(C)C)C(Cc1ccc(N3CCOCC3)cn1)c1cccc(c1)S(=O)(=O)N2. The molecule has 0 amide bonds. The summed E-state index contributed by atoms with van der Waals surface area (Å²) in [5, 5.41) is 0. The van der Waals surface area contributed by atoms with Crippen LogP contribution in [0.25, 0.3) is 11.3 Å². The highest BCUT2D eigenvalue weighted by atomic mass is 32.2. The average Bonchev–Trinajstić information content (AvgIpc) is 3.63. The van der Waals surface area contributed by atoms with Crippen molar-refractivity contribution in [1.29, 1.82) is 0 Å². The molecule has 276 valence electrons. The molecule has 2 fully saturated rings. The lowest BCUT2D eigenvalue weighted by Crippen LogP contribution is -2.36. The minimum atomic E-state index is -4.03. The van der Waals surface area contributed by atoms with Crippen LogP contribution in [0.1, 0.15) is 86.7 Å². The van der Waals surface area contributed by atoms with Gasteiger partial charge in [-0.3, -0.25) is 4.98 Å². The molecule has 9 nitrogen and oxygen atoms in total. The van der Waals surface area contributed by atoms with Crippen molar-refractivity contribution in [2.75, 3.05) is 42.5 Å². The summed E-state index contributed by atoms with van der Waals surface area (Å²) in [7, 11) is -4.03. The Bertz CT molecular complexity index is 1980. The monoisotopic (exact) mass is 723 g/mol. The van der Waals surface area contributed by atoms with Crippen molar-refractivity contribution in [2.45, 2.75) is 90.4 Å². The van der Waals surface area contributed by atoms with Gasteiger partial charge in [0.2, 0.25) is 11.8 Å². The van der Waals surface area contributed by atoms with Crippen molar-refractivity contribution in [2.24, 2.45) is 17.3 Å². The number of hydrogen-bond donors (Lipinski definition) is 1. The molecule has 0 spiro atoms. The van der Waals surface area contributed by atoms with Gasteiger partial charge in [0.1, 0.15) is 0 Å². The molecule has 1 unspecified atom stereocenters. The number of hydrogen-bond acceptors (Lipinski definition) is 8. The fourth-order valence-electron chi connectivity index (χ4n) is 8.40. The largest absolute Gasteiger partial charge is 0.477 e. The fraction of sp³-hybridized carbons (Fsp3) is 0.500. The number of aryl methyl sites for hydroxylation is 1. The minimum absolute atomic E-state index is 0.0183. The summed E-state index contributed by atoms with van der Waals surface area (Å²) in [4.78, 5) is 17.1. The predicted molar refractivity (Wildman–Crippen MR) is 207 cm³/mol. The van der Waals surface area contributed by atoms with Gasteiger partial charge >= 0.3 is 0 Å². The first-order chi connectivity index (χ1) is 24.9. The Labute approximate surface area is 309 Å². The van der Waals surface area contributed by atoms with Gasteiger partial charge in [-0.1, -0.05) is 76.8 Å².